The summed E-state index contributed by atoms with van der Waals surface area (Å²) in [5, 5.41) is 0.606. The predicted molar refractivity (Wildman–Crippen MR) is 118 cm³/mol. The Balaban J connectivity index is 1.53. The first-order chi connectivity index (χ1) is 14.5. The summed E-state index contributed by atoms with van der Waals surface area (Å²) in [4.78, 5) is 30.6. The summed E-state index contributed by atoms with van der Waals surface area (Å²) in [6.45, 7) is 0.744. The number of carbonyl (C=O) groups is 2. The van der Waals surface area contributed by atoms with E-state index in [2.05, 4.69) is 10.6 Å². The third-order valence-electron chi connectivity index (χ3n) is 6.36. The maximum atomic E-state index is 13.4. The SMILES string of the molecule is Cn1cccc1CN(C(=O)CN(C(=O)c1ccc(Cl)cc1)C1CCCCC1)C1CC1. The highest BCUT2D eigenvalue weighted by Crippen LogP contribution is 2.30. The Bertz CT molecular complexity index is 882. The van der Waals surface area contributed by atoms with Crippen LogP contribution >= 0.6 is 11.6 Å². The Labute approximate surface area is 183 Å². The van der Waals surface area contributed by atoms with E-state index in [4.69, 9.17) is 11.6 Å². The number of nitrogens with zero attached hydrogens (tertiary/aromatic N) is 3. The van der Waals surface area contributed by atoms with E-state index in [1.165, 1.54) is 6.42 Å². The number of rotatable bonds is 7. The van der Waals surface area contributed by atoms with E-state index in [1.807, 2.05) is 29.1 Å². The second-order valence-corrected chi connectivity index (χ2v) is 9.03. The lowest BCUT2D eigenvalue weighted by atomic mass is 9.93. The number of hydrogen-bond acceptors (Lipinski definition) is 2. The average molecular weight is 428 g/mol. The van der Waals surface area contributed by atoms with Gasteiger partial charge in [0.25, 0.3) is 5.91 Å². The zero-order valence-corrected chi connectivity index (χ0v) is 18.4. The van der Waals surface area contributed by atoms with Gasteiger partial charge in [0.15, 0.2) is 0 Å². The molecule has 2 amide bonds. The fraction of sp³-hybridized carbons (Fsp3) is 0.500. The van der Waals surface area contributed by atoms with Gasteiger partial charge in [0.05, 0.1) is 6.54 Å². The lowest BCUT2D eigenvalue weighted by molar-refractivity contribution is -0.133. The van der Waals surface area contributed by atoms with Crippen LogP contribution in [0.1, 0.15) is 61.0 Å². The van der Waals surface area contributed by atoms with Crippen molar-refractivity contribution < 1.29 is 9.59 Å². The van der Waals surface area contributed by atoms with Crippen molar-refractivity contribution in [2.75, 3.05) is 6.54 Å². The molecular weight excluding hydrogens is 398 g/mol. The van der Waals surface area contributed by atoms with E-state index in [1.54, 1.807) is 24.3 Å². The van der Waals surface area contributed by atoms with E-state index >= 15 is 0 Å². The van der Waals surface area contributed by atoms with Crippen LogP contribution in [0.5, 0.6) is 0 Å². The molecule has 2 fully saturated rings. The predicted octanol–water partition coefficient (Wildman–Crippen LogP) is 4.64. The van der Waals surface area contributed by atoms with Gasteiger partial charge in [-0.05, 0) is 62.1 Å². The first-order valence-electron chi connectivity index (χ1n) is 11.0. The molecule has 1 aromatic heterocycles. The Morgan fingerprint density at radius 1 is 0.967 bits per heavy atom. The molecule has 6 heteroatoms. The number of hydrogen-bond donors (Lipinski definition) is 0. The Kier molecular flexibility index (Phi) is 6.47. The molecule has 0 spiro atoms. The second-order valence-electron chi connectivity index (χ2n) is 8.60. The molecule has 0 N–H and O–H groups in total. The van der Waals surface area contributed by atoms with Crippen molar-refractivity contribution >= 4 is 23.4 Å². The standard InChI is InChI=1S/C24H30ClN3O2/c1-26-15-5-8-22(26)16-27(21-13-14-21)23(29)17-28(20-6-3-2-4-7-20)24(30)18-9-11-19(25)12-10-18/h5,8-12,15,20-21H,2-4,6-7,13-14,16-17H2,1H3. The van der Waals surface area contributed by atoms with Crippen LogP contribution in [0.2, 0.25) is 5.02 Å². The highest BCUT2D eigenvalue weighted by atomic mass is 35.5. The minimum absolute atomic E-state index is 0.0478. The quantitative estimate of drug-likeness (QED) is 0.645. The maximum Gasteiger partial charge on any atom is 0.254 e. The summed E-state index contributed by atoms with van der Waals surface area (Å²) in [6.07, 6.45) is 9.45. The van der Waals surface area contributed by atoms with Crippen molar-refractivity contribution in [2.45, 2.75) is 63.6 Å². The first-order valence-corrected chi connectivity index (χ1v) is 11.4. The number of halogens is 1. The Morgan fingerprint density at radius 3 is 2.23 bits per heavy atom. The molecule has 2 aliphatic carbocycles. The van der Waals surface area contributed by atoms with Gasteiger partial charge in [0.1, 0.15) is 6.54 Å². The van der Waals surface area contributed by atoms with Crippen LogP contribution < -0.4 is 0 Å². The minimum Gasteiger partial charge on any atom is -0.353 e. The molecule has 160 valence electrons. The van der Waals surface area contributed by atoms with Crippen molar-refractivity contribution in [3.63, 3.8) is 0 Å². The van der Waals surface area contributed by atoms with Crippen LogP contribution in [0.4, 0.5) is 0 Å². The van der Waals surface area contributed by atoms with E-state index < -0.39 is 0 Å². The van der Waals surface area contributed by atoms with Gasteiger partial charge in [-0.1, -0.05) is 30.9 Å². The largest absolute Gasteiger partial charge is 0.353 e. The van der Waals surface area contributed by atoms with Gasteiger partial charge in [0.2, 0.25) is 5.91 Å². The van der Waals surface area contributed by atoms with Gasteiger partial charge in [0, 0.05) is 41.6 Å². The molecule has 1 aromatic carbocycles. The summed E-state index contributed by atoms with van der Waals surface area (Å²) in [6, 6.07) is 11.5. The molecule has 2 aromatic rings. The molecule has 0 unspecified atom stereocenters. The Morgan fingerprint density at radius 2 is 1.63 bits per heavy atom. The van der Waals surface area contributed by atoms with Gasteiger partial charge in [-0.3, -0.25) is 9.59 Å². The van der Waals surface area contributed by atoms with Gasteiger partial charge in [-0.25, -0.2) is 0 Å². The second kappa shape index (κ2) is 9.25. The molecule has 0 atom stereocenters. The summed E-state index contributed by atoms with van der Waals surface area (Å²) in [5.74, 6) is -0.0203. The third-order valence-corrected chi connectivity index (χ3v) is 6.62. The molecule has 0 radical (unpaired) electrons. The fourth-order valence-electron chi connectivity index (χ4n) is 4.40. The molecular formula is C24H30ClN3O2. The topological polar surface area (TPSA) is 45.6 Å². The molecule has 0 saturated heterocycles. The minimum atomic E-state index is -0.0680. The van der Waals surface area contributed by atoms with Crippen LogP contribution in [-0.4, -0.2) is 44.8 Å². The van der Waals surface area contributed by atoms with Crippen molar-refractivity contribution in [3.8, 4) is 0 Å². The molecule has 5 nitrogen and oxygen atoms in total. The summed E-state index contributed by atoms with van der Waals surface area (Å²) in [7, 11) is 2.00. The summed E-state index contributed by atoms with van der Waals surface area (Å²) in [5.41, 5.74) is 1.71. The van der Waals surface area contributed by atoms with E-state index in [-0.39, 0.29) is 24.4 Å². The van der Waals surface area contributed by atoms with Crippen molar-refractivity contribution in [2.24, 2.45) is 7.05 Å². The van der Waals surface area contributed by atoms with Crippen LogP contribution in [0.25, 0.3) is 0 Å². The molecule has 0 aliphatic heterocycles. The van der Waals surface area contributed by atoms with Gasteiger partial charge >= 0.3 is 0 Å². The number of aryl methyl sites for hydroxylation is 1. The third kappa shape index (κ3) is 4.89. The van der Waals surface area contributed by atoms with Crippen LogP contribution in [-0.2, 0) is 18.4 Å². The first kappa shape index (κ1) is 21.0. The lowest BCUT2D eigenvalue weighted by Crippen LogP contribution is -2.48. The monoisotopic (exact) mass is 427 g/mol. The molecule has 1 heterocycles. The van der Waals surface area contributed by atoms with Gasteiger partial charge < -0.3 is 14.4 Å². The van der Waals surface area contributed by atoms with Crippen LogP contribution in [0, 0.1) is 0 Å². The fourth-order valence-corrected chi connectivity index (χ4v) is 4.52. The Hall–Kier alpha value is -2.27. The van der Waals surface area contributed by atoms with Crippen LogP contribution in [0.3, 0.4) is 0 Å². The average Bonchev–Trinajstić information content (AvgIpc) is 3.52. The van der Waals surface area contributed by atoms with E-state index in [9.17, 15) is 9.59 Å². The molecule has 0 bridgehead atoms. The maximum absolute atomic E-state index is 13.4. The molecule has 2 aliphatic rings. The highest BCUT2D eigenvalue weighted by Gasteiger charge is 2.36. The molecule has 4 rings (SSSR count). The van der Waals surface area contributed by atoms with Gasteiger partial charge in [-0.2, -0.15) is 0 Å². The molecule has 30 heavy (non-hydrogen) atoms. The van der Waals surface area contributed by atoms with Crippen molar-refractivity contribution in [3.05, 3.63) is 58.9 Å². The van der Waals surface area contributed by atoms with Crippen molar-refractivity contribution in [1.29, 1.82) is 0 Å². The molecule has 2 saturated carbocycles. The number of carbonyl (C=O) groups excluding carboxylic acids is 2. The van der Waals surface area contributed by atoms with E-state index in [0.29, 0.717) is 23.2 Å². The highest BCUT2D eigenvalue weighted by molar-refractivity contribution is 6.30. The number of aromatic nitrogens is 1. The van der Waals surface area contributed by atoms with Crippen molar-refractivity contribution in [1.82, 2.24) is 14.4 Å². The summed E-state index contributed by atoms with van der Waals surface area (Å²) < 4.78 is 2.06. The van der Waals surface area contributed by atoms with Crippen LogP contribution in [0.15, 0.2) is 42.6 Å². The summed E-state index contributed by atoms with van der Waals surface area (Å²) >= 11 is 6.01. The zero-order valence-electron chi connectivity index (χ0n) is 17.6. The lowest BCUT2D eigenvalue weighted by Gasteiger charge is -2.35. The number of amides is 2. The zero-order chi connectivity index (χ0) is 21.1. The van der Waals surface area contributed by atoms with E-state index in [0.717, 1.165) is 44.2 Å². The smallest absolute Gasteiger partial charge is 0.254 e. The number of benzene rings is 1. The normalized spacial score (nSPS) is 17.0. The van der Waals surface area contributed by atoms with Gasteiger partial charge in [-0.15, -0.1) is 0 Å².